The van der Waals surface area contributed by atoms with Crippen molar-refractivity contribution in [2.75, 3.05) is 12.3 Å². The molecular weight excluding hydrogens is 425 g/mol. The van der Waals surface area contributed by atoms with Crippen molar-refractivity contribution in [3.05, 3.63) is 53.7 Å². The van der Waals surface area contributed by atoms with Gasteiger partial charge in [-0.2, -0.15) is 13.2 Å². The number of nitrogens with zero attached hydrogens (tertiary/aromatic N) is 1. The molecule has 2 N–H and O–H groups in total. The summed E-state index contributed by atoms with van der Waals surface area (Å²) >= 11 is 1.55. The lowest BCUT2D eigenvalue weighted by molar-refractivity contribution is -0.137. The largest absolute Gasteiger partial charge is 0.417 e. The number of aliphatic hydroxyl groups excluding tert-OH is 1. The Morgan fingerprint density at radius 2 is 1.76 bits per heavy atom. The van der Waals surface area contributed by atoms with E-state index in [1.165, 1.54) is 13.8 Å². The van der Waals surface area contributed by atoms with E-state index in [0.717, 1.165) is 16.5 Å². The minimum atomic E-state index is -4.61. The molecule has 1 heterocycles. The van der Waals surface area contributed by atoms with Crippen LogP contribution >= 0.6 is 11.8 Å². The number of nitrogens with one attached hydrogen (secondary N) is 1. The predicted molar refractivity (Wildman–Crippen MR) is 106 cm³/mol. The molecule has 2 aromatic rings. The van der Waals surface area contributed by atoms with Crippen LogP contribution in [0.2, 0.25) is 0 Å². The first-order valence-electron chi connectivity index (χ1n) is 8.74. The number of aryl methyl sites for hydroxylation is 1. The van der Waals surface area contributed by atoms with E-state index < -0.39 is 37.6 Å². The zero-order chi connectivity index (χ0) is 21.9. The molecule has 5 nitrogen and oxygen atoms in total. The maximum absolute atomic E-state index is 12.8. The molecule has 0 radical (unpaired) electrons. The van der Waals surface area contributed by atoms with Crippen LogP contribution in [0.4, 0.5) is 13.2 Å². The maximum atomic E-state index is 12.8. The molecule has 0 saturated carbocycles. The Morgan fingerprint density at radius 1 is 1.14 bits per heavy atom. The number of rotatable bonds is 8. The number of hydrogen-bond acceptors (Lipinski definition) is 6. The number of aromatic nitrogens is 1. The molecule has 0 aliphatic rings. The van der Waals surface area contributed by atoms with Crippen LogP contribution in [0.5, 0.6) is 0 Å². The minimum absolute atomic E-state index is 0.332. The van der Waals surface area contributed by atoms with Crippen molar-refractivity contribution in [1.82, 2.24) is 10.3 Å². The quantitative estimate of drug-likeness (QED) is 0.365. The summed E-state index contributed by atoms with van der Waals surface area (Å²) in [6.45, 7) is 4.92. The summed E-state index contributed by atoms with van der Waals surface area (Å²) in [5, 5.41) is 12.6. The number of pyridine rings is 1. The first kappa shape index (κ1) is 23.7. The van der Waals surface area contributed by atoms with E-state index in [0.29, 0.717) is 24.6 Å². The topological polar surface area (TPSA) is 79.3 Å². The van der Waals surface area contributed by atoms with Crippen LogP contribution in [-0.4, -0.2) is 41.8 Å². The molecular formula is C19H23F3N2O3S2. The van der Waals surface area contributed by atoms with Crippen molar-refractivity contribution in [2.45, 2.75) is 47.8 Å². The van der Waals surface area contributed by atoms with E-state index in [2.05, 4.69) is 10.3 Å². The number of sulfone groups is 1. The Labute approximate surface area is 172 Å². The number of alkyl halides is 3. The number of hydrogen-bond donors (Lipinski definition) is 2. The highest BCUT2D eigenvalue weighted by atomic mass is 32.2. The van der Waals surface area contributed by atoms with Crippen LogP contribution in [0.15, 0.2) is 52.5 Å². The molecule has 1 atom stereocenters. The lowest BCUT2D eigenvalue weighted by Gasteiger charge is -2.30. The summed E-state index contributed by atoms with van der Waals surface area (Å²) in [5.74, 6) is 0.592. The molecule has 10 heteroatoms. The number of benzene rings is 1. The monoisotopic (exact) mass is 448 g/mol. The summed E-state index contributed by atoms with van der Waals surface area (Å²) in [4.78, 5) is 4.51. The van der Waals surface area contributed by atoms with Crippen LogP contribution in [0, 0.1) is 6.92 Å². The summed E-state index contributed by atoms with van der Waals surface area (Å²) in [6, 6.07) is 9.38. The Hall–Kier alpha value is -1.62. The van der Waals surface area contributed by atoms with Crippen molar-refractivity contribution in [3.63, 3.8) is 0 Å². The molecule has 1 aromatic heterocycles. The van der Waals surface area contributed by atoms with Gasteiger partial charge < -0.3 is 5.11 Å². The average molecular weight is 449 g/mol. The molecule has 0 aliphatic carbocycles. The highest BCUT2D eigenvalue weighted by molar-refractivity contribution is 7.99. The Kier molecular flexibility index (Phi) is 7.37. The summed E-state index contributed by atoms with van der Waals surface area (Å²) in [5.41, 5.74) is 0.104. The first-order valence-corrected chi connectivity index (χ1v) is 11.2. The van der Waals surface area contributed by atoms with E-state index in [1.54, 1.807) is 11.8 Å². The van der Waals surface area contributed by atoms with Gasteiger partial charge in [-0.3, -0.25) is 5.32 Å². The molecule has 0 spiro atoms. The van der Waals surface area contributed by atoms with Gasteiger partial charge in [0, 0.05) is 23.4 Å². The van der Waals surface area contributed by atoms with Crippen molar-refractivity contribution >= 4 is 21.6 Å². The lowest BCUT2D eigenvalue weighted by atomic mass is 10.2. The van der Waals surface area contributed by atoms with Crippen molar-refractivity contribution < 1.29 is 26.7 Å². The molecule has 160 valence electrons. The Balaban J connectivity index is 2.00. The summed E-state index contributed by atoms with van der Waals surface area (Å²) in [7, 11) is -4.19. The highest BCUT2D eigenvalue weighted by Gasteiger charge is 2.43. The standard InChI is InChI=1S/C19H23F3N2O3S2/c1-13-4-7-15(8-5-13)28-11-10-23-17(25)18(2,3)29(26,27)16-9-6-14(12-24-16)19(20,21)22/h4-9,12,17,23,25H,10-11H2,1-3H3. The highest BCUT2D eigenvalue weighted by Crippen LogP contribution is 2.31. The molecule has 0 amide bonds. The van der Waals surface area contributed by atoms with Gasteiger partial charge >= 0.3 is 6.18 Å². The SMILES string of the molecule is Cc1ccc(SCCNC(O)C(C)(C)S(=O)(=O)c2ccc(C(F)(F)F)cn2)cc1. The van der Waals surface area contributed by atoms with Crippen LogP contribution in [0.3, 0.4) is 0 Å². The lowest BCUT2D eigenvalue weighted by Crippen LogP contribution is -2.52. The molecule has 0 aliphatic heterocycles. The molecule has 29 heavy (non-hydrogen) atoms. The third kappa shape index (κ3) is 5.71. The average Bonchev–Trinajstić information content (AvgIpc) is 2.65. The van der Waals surface area contributed by atoms with Crippen molar-refractivity contribution in [1.29, 1.82) is 0 Å². The predicted octanol–water partition coefficient (Wildman–Crippen LogP) is 3.66. The van der Waals surface area contributed by atoms with Gasteiger partial charge in [-0.15, -0.1) is 11.8 Å². The molecule has 0 fully saturated rings. The van der Waals surface area contributed by atoms with Crippen LogP contribution in [0.25, 0.3) is 0 Å². The number of aliphatic hydroxyl groups is 1. The molecule has 1 unspecified atom stereocenters. The Morgan fingerprint density at radius 3 is 2.28 bits per heavy atom. The van der Waals surface area contributed by atoms with Gasteiger partial charge in [0.1, 0.15) is 11.0 Å². The second kappa shape index (κ2) is 9.03. The minimum Gasteiger partial charge on any atom is -0.377 e. The summed E-state index contributed by atoms with van der Waals surface area (Å²) in [6.07, 6.45) is -5.57. The van der Waals surface area contributed by atoms with Gasteiger partial charge in [0.25, 0.3) is 0 Å². The normalized spacial score (nSPS) is 14.0. The van der Waals surface area contributed by atoms with E-state index >= 15 is 0 Å². The third-order valence-electron chi connectivity index (χ3n) is 4.42. The molecule has 0 bridgehead atoms. The zero-order valence-corrected chi connectivity index (χ0v) is 17.8. The fourth-order valence-corrected chi connectivity index (χ4v) is 4.51. The fraction of sp³-hybridized carbons (Fsp3) is 0.421. The van der Waals surface area contributed by atoms with Crippen molar-refractivity contribution in [2.24, 2.45) is 0 Å². The van der Waals surface area contributed by atoms with Gasteiger partial charge in [0.15, 0.2) is 5.03 Å². The second-order valence-electron chi connectivity index (χ2n) is 7.01. The van der Waals surface area contributed by atoms with E-state index in [9.17, 15) is 26.7 Å². The summed E-state index contributed by atoms with van der Waals surface area (Å²) < 4.78 is 61.8. The first-order chi connectivity index (χ1) is 13.4. The fourth-order valence-electron chi connectivity index (χ4n) is 2.37. The van der Waals surface area contributed by atoms with Gasteiger partial charge in [-0.1, -0.05) is 17.7 Å². The van der Waals surface area contributed by atoms with Crippen LogP contribution < -0.4 is 5.32 Å². The van der Waals surface area contributed by atoms with Gasteiger partial charge in [-0.25, -0.2) is 13.4 Å². The van der Waals surface area contributed by atoms with E-state index in [-0.39, 0.29) is 0 Å². The number of thioether (sulfide) groups is 1. The molecule has 2 rings (SSSR count). The van der Waals surface area contributed by atoms with Gasteiger partial charge in [0.05, 0.1) is 5.56 Å². The second-order valence-corrected chi connectivity index (χ2v) is 10.7. The maximum Gasteiger partial charge on any atom is 0.417 e. The number of halogens is 3. The smallest absolute Gasteiger partial charge is 0.377 e. The molecule has 1 aromatic carbocycles. The third-order valence-corrected chi connectivity index (χ3v) is 7.83. The van der Waals surface area contributed by atoms with E-state index in [1.807, 2.05) is 31.2 Å². The van der Waals surface area contributed by atoms with Crippen LogP contribution in [0.1, 0.15) is 25.0 Å². The van der Waals surface area contributed by atoms with Gasteiger partial charge in [0.2, 0.25) is 9.84 Å². The Bertz CT molecular complexity index is 913. The van der Waals surface area contributed by atoms with Gasteiger partial charge in [-0.05, 0) is 45.0 Å². The van der Waals surface area contributed by atoms with Crippen molar-refractivity contribution in [3.8, 4) is 0 Å². The molecule has 0 saturated heterocycles. The zero-order valence-electron chi connectivity index (χ0n) is 16.2. The van der Waals surface area contributed by atoms with E-state index in [4.69, 9.17) is 0 Å². The van der Waals surface area contributed by atoms with Crippen LogP contribution in [-0.2, 0) is 16.0 Å².